The van der Waals surface area contributed by atoms with E-state index in [1.807, 2.05) is 19.1 Å². The Kier molecular flexibility index (Phi) is 4.56. The van der Waals surface area contributed by atoms with Gasteiger partial charge in [0.1, 0.15) is 0 Å². The van der Waals surface area contributed by atoms with Crippen LogP contribution in [-0.2, 0) is 29.4 Å². The van der Waals surface area contributed by atoms with Crippen molar-refractivity contribution in [3.63, 3.8) is 0 Å². The molecule has 7 nitrogen and oxygen atoms in total. The maximum Gasteiger partial charge on any atom is 0.241 e. The second-order valence-electron chi connectivity index (χ2n) is 7.63. The Bertz CT molecular complexity index is 1280. The number of hydrogen-bond donors (Lipinski definition) is 2. The van der Waals surface area contributed by atoms with Crippen LogP contribution in [0.3, 0.4) is 0 Å². The number of aromatic nitrogens is 1. The van der Waals surface area contributed by atoms with Crippen LogP contribution in [0.15, 0.2) is 35.2 Å². The van der Waals surface area contributed by atoms with Crippen molar-refractivity contribution >= 4 is 26.7 Å². The molecule has 0 bridgehead atoms. The van der Waals surface area contributed by atoms with Gasteiger partial charge in [-0.15, -0.1) is 0 Å². The van der Waals surface area contributed by atoms with Gasteiger partial charge in [0.05, 0.1) is 4.90 Å². The predicted octanol–water partition coefficient (Wildman–Crippen LogP) is 3.46. The van der Waals surface area contributed by atoms with E-state index in [0.717, 1.165) is 35.0 Å². The molecule has 8 heteroatoms. The number of sulfonamides is 1. The highest BCUT2D eigenvalue weighted by Gasteiger charge is 2.26. The molecule has 1 aliphatic heterocycles. The summed E-state index contributed by atoms with van der Waals surface area (Å²) in [6, 6.07) is 8.87. The third-order valence-corrected chi connectivity index (χ3v) is 7.22. The Morgan fingerprint density at radius 1 is 1.10 bits per heavy atom. The van der Waals surface area contributed by atoms with E-state index in [9.17, 15) is 13.2 Å². The van der Waals surface area contributed by atoms with Crippen molar-refractivity contribution < 1.29 is 22.7 Å². The highest BCUT2D eigenvalue weighted by molar-refractivity contribution is 7.89. The van der Waals surface area contributed by atoms with E-state index >= 15 is 0 Å². The second-order valence-corrected chi connectivity index (χ2v) is 9.36. The summed E-state index contributed by atoms with van der Waals surface area (Å²) in [6.45, 7) is 2.23. The van der Waals surface area contributed by atoms with E-state index in [0.29, 0.717) is 35.4 Å². The number of benzene rings is 2. The molecule has 0 saturated carbocycles. The molecule has 2 heterocycles. The zero-order valence-corrected chi connectivity index (χ0v) is 17.4. The highest BCUT2D eigenvalue weighted by Crippen LogP contribution is 2.34. The average molecular weight is 426 g/mol. The number of rotatable bonds is 5. The highest BCUT2D eigenvalue weighted by atomic mass is 32.2. The molecule has 0 amide bonds. The van der Waals surface area contributed by atoms with E-state index in [4.69, 9.17) is 9.47 Å². The van der Waals surface area contributed by atoms with E-state index < -0.39 is 10.0 Å². The summed E-state index contributed by atoms with van der Waals surface area (Å²) in [5.41, 5.74) is 3.80. The molecular formula is C22H22N2O5S. The number of H-pyrrole nitrogens is 1. The number of Topliss-reactive ketones (excluding diaryl/α,β-unsaturated/α-hetero) is 1. The number of aryl methyl sites for hydroxylation is 2. The van der Waals surface area contributed by atoms with Gasteiger partial charge in [0, 0.05) is 35.1 Å². The summed E-state index contributed by atoms with van der Waals surface area (Å²) in [4.78, 5) is 15.9. The topological polar surface area (TPSA) is 97.5 Å². The first kappa shape index (κ1) is 19.1. The Labute approximate surface area is 174 Å². The lowest BCUT2D eigenvalue weighted by molar-refractivity contribution is 0.0974. The lowest BCUT2D eigenvalue weighted by Crippen LogP contribution is -2.24. The fourth-order valence-corrected chi connectivity index (χ4v) is 5.55. The molecule has 3 aromatic rings. The van der Waals surface area contributed by atoms with Gasteiger partial charge in [-0.2, -0.15) is 0 Å². The molecule has 2 N–H and O–H groups in total. The fraction of sp³-hybridized carbons (Fsp3) is 0.318. The smallest absolute Gasteiger partial charge is 0.241 e. The van der Waals surface area contributed by atoms with Gasteiger partial charge in [0.25, 0.3) is 0 Å². The SMILES string of the molecule is CCc1cc2c3c([nH]c2cc1S(=O)(=O)NCc1ccc2c(c1)OCO2)CCCC3=O. The molecule has 1 aliphatic carbocycles. The van der Waals surface area contributed by atoms with Gasteiger partial charge >= 0.3 is 0 Å². The van der Waals surface area contributed by atoms with Crippen LogP contribution in [-0.4, -0.2) is 26.0 Å². The largest absolute Gasteiger partial charge is 0.454 e. The molecule has 2 aliphatic rings. The number of nitrogens with one attached hydrogen (secondary N) is 2. The lowest BCUT2D eigenvalue weighted by Gasteiger charge is -2.12. The number of ether oxygens (including phenoxy) is 2. The van der Waals surface area contributed by atoms with Crippen LogP contribution in [0.5, 0.6) is 11.5 Å². The molecule has 5 rings (SSSR count). The van der Waals surface area contributed by atoms with E-state index in [-0.39, 0.29) is 24.0 Å². The van der Waals surface area contributed by atoms with Crippen molar-refractivity contribution in [2.75, 3.05) is 6.79 Å². The Morgan fingerprint density at radius 3 is 2.77 bits per heavy atom. The lowest BCUT2D eigenvalue weighted by atomic mass is 9.94. The summed E-state index contributed by atoms with van der Waals surface area (Å²) in [7, 11) is -3.75. The van der Waals surface area contributed by atoms with Crippen molar-refractivity contribution in [3.8, 4) is 11.5 Å². The van der Waals surface area contributed by atoms with Crippen molar-refractivity contribution in [1.82, 2.24) is 9.71 Å². The van der Waals surface area contributed by atoms with Gasteiger partial charge in [0.15, 0.2) is 17.3 Å². The molecule has 0 atom stereocenters. The van der Waals surface area contributed by atoms with Crippen LogP contribution in [0, 0.1) is 0 Å². The summed E-state index contributed by atoms with van der Waals surface area (Å²) in [5, 5.41) is 0.821. The number of aromatic amines is 1. The van der Waals surface area contributed by atoms with Gasteiger partial charge in [-0.3, -0.25) is 4.79 Å². The second kappa shape index (κ2) is 7.14. The molecule has 30 heavy (non-hydrogen) atoms. The predicted molar refractivity (Wildman–Crippen MR) is 112 cm³/mol. The quantitative estimate of drug-likeness (QED) is 0.651. The number of fused-ring (bicyclic) bond motifs is 4. The van der Waals surface area contributed by atoms with Crippen LogP contribution >= 0.6 is 0 Å². The standard InChI is InChI=1S/C22H22N2O5S/c1-2-14-9-15-17(24-16-4-3-5-18(25)22(15)16)10-21(14)30(26,27)23-11-13-6-7-19-20(8-13)29-12-28-19/h6-10,23-24H,2-5,11-12H2,1H3. The van der Waals surface area contributed by atoms with Crippen LogP contribution in [0.2, 0.25) is 0 Å². The van der Waals surface area contributed by atoms with Crippen molar-refractivity contribution in [2.24, 2.45) is 0 Å². The minimum atomic E-state index is -3.75. The monoisotopic (exact) mass is 426 g/mol. The van der Waals surface area contributed by atoms with E-state index in [1.165, 1.54) is 0 Å². The van der Waals surface area contributed by atoms with E-state index in [2.05, 4.69) is 9.71 Å². The van der Waals surface area contributed by atoms with Crippen molar-refractivity contribution in [2.45, 2.75) is 44.0 Å². The third-order valence-electron chi connectivity index (χ3n) is 5.74. The Hall–Kier alpha value is -2.84. The first-order valence-electron chi connectivity index (χ1n) is 10.0. The number of carbonyl (C=O) groups excluding carboxylic acids is 1. The molecule has 0 spiro atoms. The summed E-state index contributed by atoms with van der Waals surface area (Å²) >= 11 is 0. The molecule has 0 fully saturated rings. The molecule has 1 aromatic heterocycles. The number of carbonyl (C=O) groups is 1. The van der Waals surface area contributed by atoms with E-state index in [1.54, 1.807) is 18.2 Å². The molecule has 0 radical (unpaired) electrons. The van der Waals surface area contributed by atoms with Crippen LogP contribution in [0.4, 0.5) is 0 Å². The van der Waals surface area contributed by atoms with Gasteiger partial charge in [-0.25, -0.2) is 13.1 Å². The first-order valence-corrected chi connectivity index (χ1v) is 11.5. The van der Waals surface area contributed by atoms with Gasteiger partial charge in [0.2, 0.25) is 16.8 Å². The van der Waals surface area contributed by atoms with Crippen LogP contribution < -0.4 is 14.2 Å². The van der Waals surface area contributed by atoms with Crippen molar-refractivity contribution in [3.05, 3.63) is 52.7 Å². The molecular weight excluding hydrogens is 404 g/mol. The van der Waals surface area contributed by atoms with Gasteiger partial charge in [-0.05, 0) is 54.7 Å². The Morgan fingerprint density at radius 2 is 1.93 bits per heavy atom. The summed E-state index contributed by atoms with van der Waals surface area (Å²) < 4.78 is 39.6. The minimum absolute atomic E-state index is 0.126. The Balaban J connectivity index is 1.48. The zero-order valence-electron chi connectivity index (χ0n) is 16.6. The fourth-order valence-electron chi connectivity index (χ4n) is 4.21. The number of hydrogen-bond acceptors (Lipinski definition) is 5. The summed E-state index contributed by atoms with van der Waals surface area (Å²) in [5.74, 6) is 1.40. The molecule has 0 unspecified atom stereocenters. The maximum absolute atomic E-state index is 13.1. The molecule has 2 aromatic carbocycles. The minimum Gasteiger partial charge on any atom is -0.454 e. The maximum atomic E-state index is 13.1. The zero-order chi connectivity index (χ0) is 20.9. The van der Waals surface area contributed by atoms with Gasteiger partial charge < -0.3 is 14.5 Å². The average Bonchev–Trinajstić information content (AvgIpc) is 3.35. The van der Waals surface area contributed by atoms with Crippen molar-refractivity contribution in [1.29, 1.82) is 0 Å². The van der Waals surface area contributed by atoms with Crippen LogP contribution in [0.25, 0.3) is 10.9 Å². The number of ketones is 1. The molecule has 0 saturated heterocycles. The first-order chi connectivity index (χ1) is 14.5. The summed E-state index contributed by atoms with van der Waals surface area (Å²) in [6.07, 6.45) is 2.71. The van der Waals surface area contributed by atoms with Gasteiger partial charge in [-0.1, -0.05) is 13.0 Å². The van der Waals surface area contributed by atoms with Crippen LogP contribution in [0.1, 0.15) is 46.9 Å². The molecule has 156 valence electrons. The normalized spacial score (nSPS) is 15.6. The third kappa shape index (κ3) is 3.16.